The van der Waals surface area contributed by atoms with Crippen molar-refractivity contribution in [3.8, 4) is 67.5 Å². The van der Waals surface area contributed by atoms with Gasteiger partial charge in [-0.1, -0.05) is 158 Å². The van der Waals surface area contributed by atoms with Crippen molar-refractivity contribution in [1.82, 2.24) is 15.0 Å². The molecule has 0 atom stereocenters. The van der Waals surface area contributed by atoms with Crippen LogP contribution in [0.15, 0.2) is 152 Å². The van der Waals surface area contributed by atoms with Crippen LogP contribution in [0, 0.1) is 0 Å². The molecule has 1 saturated carbocycles. The van der Waals surface area contributed by atoms with Crippen molar-refractivity contribution in [1.29, 1.82) is 0 Å². The van der Waals surface area contributed by atoms with Crippen molar-refractivity contribution < 1.29 is 0 Å². The van der Waals surface area contributed by atoms with Crippen LogP contribution in [0.4, 0.5) is 0 Å². The maximum Gasteiger partial charge on any atom is 0.164 e. The van der Waals surface area contributed by atoms with E-state index < -0.39 is 0 Å². The van der Waals surface area contributed by atoms with Crippen LogP contribution in [0.3, 0.4) is 0 Å². The largest absolute Gasteiger partial charge is 0.208 e. The Balaban J connectivity index is 1.21. The summed E-state index contributed by atoms with van der Waals surface area (Å²) < 4.78 is 0. The van der Waals surface area contributed by atoms with E-state index in [0.717, 1.165) is 22.3 Å². The summed E-state index contributed by atoms with van der Waals surface area (Å²) in [5, 5.41) is 0. The summed E-state index contributed by atoms with van der Waals surface area (Å²) in [6.45, 7) is 0. The van der Waals surface area contributed by atoms with Crippen molar-refractivity contribution in [3.05, 3.63) is 163 Å². The quantitative estimate of drug-likeness (QED) is 0.196. The number of aromatic nitrogens is 3. The molecular formula is C44H33N3. The smallest absolute Gasteiger partial charge is 0.164 e. The molecule has 1 aromatic heterocycles. The Morgan fingerprint density at radius 3 is 1.51 bits per heavy atom. The zero-order valence-electron chi connectivity index (χ0n) is 26.1. The molecule has 7 aromatic rings. The minimum atomic E-state index is 0.0240. The predicted octanol–water partition coefficient (Wildman–Crippen LogP) is 11.0. The molecule has 6 aromatic carbocycles. The van der Waals surface area contributed by atoms with Gasteiger partial charge >= 0.3 is 0 Å². The van der Waals surface area contributed by atoms with E-state index in [1.54, 1.807) is 0 Å². The molecule has 1 heterocycles. The Morgan fingerprint density at radius 1 is 0.362 bits per heavy atom. The van der Waals surface area contributed by atoms with Crippen LogP contribution in [0.5, 0.6) is 0 Å². The molecule has 0 N–H and O–H groups in total. The lowest BCUT2D eigenvalue weighted by Crippen LogP contribution is -2.21. The molecule has 0 bridgehead atoms. The third-order valence-electron chi connectivity index (χ3n) is 10.1. The molecule has 1 spiro atoms. The van der Waals surface area contributed by atoms with E-state index in [1.807, 2.05) is 36.4 Å². The third kappa shape index (κ3) is 4.61. The van der Waals surface area contributed by atoms with Gasteiger partial charge < -0.3 is 0 Å². The SMILES string of the molecule is c1ccc(-c2nc(-c3ccccc3)nc(-c3ccccc3-c3ccc4c(c3)C3(CCCC3)c3c(-c5ccccc5)cccc3-4)n2)cc1. The number of hydrogen-bond donors (Lipinski definition) is 0. The first-order valence-corrected chi connectivity index (χ1v) is 16.6. The molecule has 1 fully saturated rings. The van der Waals surface area contributed by atoms with Gasteiger partial charge in [0, 0.05) is 22.1 Å². The topological polar surface area (TPSA) is 38.7 Å². The molecule has 0 unspecified atom stereocenters. The number of hydrogen-bond acceptors (Lipinski definition) is 3. The lowest BCUT2D eigenvalue weighted by Gasteiger charge is -2.29. The second kappa shape index (κ2) is 11.3. The fourth-order valence-electron chi connectivity index (χ4n) is 7.98. The monoisotopic (exact) mass is 603 g/mol. The Hall–Kier alpha value is -5.67. The normalized spacial score (nSPS) is 14.2. The fraction of sp³-hybridized carbons (Fsp3) is 0.114. The standard InChI is InChI=1S/C44H33N3/c1-4-15-30(16-5-1)35-23-14-24-37-36-26-25-33(29-39(36)44(40(35)37)27-12-13-28-44)34-21-10-11-22-38(34)43-46-41(31-17-6-2-7-18-31)45-42(47-43)32-19-8-3-9-20-32/h1-11,14-26,29H,12-13,27-28H2. The first-order valence-electron chi connectivity index (χ1n) is 16.6. The Kier molecular flexibility index (Phi) is 6.64. The van der Waals surface area contributed by atoms with E-state index in [2.05, 4.69) is 115 Å². The summed E-state index contributed by atoms with van der Waals surface area (Å²) in [5.41, 5.74) is 13.7. The van der Waals surface area contributed by atoms with Crippen LogP contribution in [0.2, 0.25) is 0 Å². The van der Waals surface area contributed by atoms with E-state index in [9.17, 15) is 0 Å². The molecule has 3 heteroatoms. The molecule has 0 aliphatic heterocycles. The number of rotatable bonds is 5. The van der Waals surface area contributed by atoms with Crippen molar-refractivity contribution in [2.75, 3.05) is 0 Å². The molecule has 47 heavy (non-hydrogen) atoms. The maximum absolute atomic E-state index is 5.08. The Morgan fingerprint density at radius 2 is 0.872 bits per heavy atom. The Bertz CT molecular complexity index is 2180. The van der Waals surface area contributed by atoms with Crippen molar-refractivity contribution in [2.45, 2.75) is 31.1 Å². The van der Waals surface area contributed by atoms with Crippen LogP contribution in [0.25, 0.3) is 67.5 Å². The average molecular weight is 604 g/mol. The number of benzene rings is 6. The van der Waals surface area contributed by atoms with Gasteiger partial charge in [-0.15, -0.1) is 0 Å². The molecule has 3 nitrogen and oxygen atoms in total. The highest BCUT2D eigenvalue weighted by molar-refractivity contribution is 5.91. The maximum atomic E-state index is 5.08. The molecule has 9 rings (SSSR count). The van der Waals surface area contributed by atoms with Gasteiger partial charge in [0.15, 0.2) is 17.5 Å². The lowest BCUT2D eigenvalue weighted by atomic mass is 9.73. The van der Waals surface area contributed by atoms with Gasteiger partial charge in [-0.05, 0) is 63.4 Å². The fourth-order valence-corrected chi connectivity index (χ4v) is 7.98. The summed E-state index contributed by atoms with van der Waals surface area (Å²) in [5.74, 6) is 2.03. The first kappa shape index (κ1) is 27.6. The first-order chi connectivity index (χ1) is 23.3. The predicted molar refractivity (Wildman–Crippen MR) is 192 cm³/mol. The second-order valence-electron chi connectivity index (χ2n) is 12.7. The molecule has 0 saturated heterocycles. The van der Waals surface area contributed by atoms with E-state index in [0.29, 0.717) is 17.5 Å². The summed E-state index contributed by atoms with van der Waals surface area (Å²) >= 11 is 0. The molecule has 2 aliphatic carbocycles. The van der Waals surface area contributed by atoms with Crippen LogP contribution in [0.1, 0.15) is 36.8 Å². The number of nitrogens with zero attached hydrogens (tertiary/aromatic N) is 3. The zero-order valence-corrected chi connectivity index (χ0v) is 26.1. The van der Waals surface area contributed by atoms with Crippen molar-refractivity contribution in [3.63, 3.8) is 0 Å². The van der Waals surface area contributed by atoms with Crippen LogP contribution < -0.4 is 0 Å². The van der Waals surface area contributed by atoms with E-state index in [-0.39, 0.29) is 5.41 Å². The van der Waals surface area contributed by atoms with Gasteiger partial charge in [-0.25, -0.2) is 15.0 Å². The molecule has 2 aliphatic rings. The minimum absolute atomic E-state index is 0.0240. The number of fused-ring (bicyclic) bond motifs is 5. The zero-order chi connectivity index (χ0) is 31.2. The summed E-state index contributed by atoms with van der Waals surface area (Å²) in [4.78, 5) is 15.1. The van der Waals surface area contributed by atoms with E-state index in [4.69, 9.17) is 15.0 Å². The van der Waals surface area contributed by atoms with Gasteiger partial charge in [-0.2, -0.15) is 0 Å². The molecular weight excluding hydrogens is 571 g/mol. The van der Waals surface area contributed by atoms with E-state index in [1.165, 1.54) is 64.6 Å². The molecule has 0 amide bonds. The minimum Gasteiger partial charge on any atom is -0.208 e. The highest BCUT2D eigenvalue weighted by atomic mass is 15.0. The van der Waals surface area contributed by atoms with Gasteiger partial charge in [0.25, 0.3) is 0 Å². The summed E-state index contributed by atoms with van der Waals surface area (Å²) in [7, 11) is 0. The summed E-state index contributed by atoms with van der Waals surface area (Å²) in [6, 6.07) is 53.9. The van der Waals surface area contributed by atoms with Gasteiger partial charge in [0.2, 0.25) is 0 Å². The molecule has 0 radical (unpaired) electrons. The van der Waals surface area contributed by atoms with Gasteiger partial charge in [0.1, 0.15) is 0 Å². The van der Waals surface area contributed by atoms with Crippen LogP contribution >= 0.6 is 0 Å². The van der Waals surface area contributed by atoms with Crippen LogP contribution in [-0.4, -0.2) is 15.0 Å². The van der Waals surface area contributed by atoms with Gasteiger partial charge in [0.05, 0.1) is 0 Å². The van der Waals surface area contributed by atoms with Gasteiger partial charge in [-0.3, -0.25) is 0 Å². The second-order valence-corrected chi connectivity index (χ2v) is 12.7. The average Bonchev–Trinajstić information content (AvgIpc) is 3.76. The summed E-state index contributed by atoms with van der Waals surface area (Å²) in [6.07, 6.45) is 4.85. The van der Waals surface area contributed by atoms with Crippen molar-refractivity contribution >= 4 is 0 Å². The van der Waals surface area contributed by atoms with Crippen molar-refractivity contribution in [2.24, 2.45) is 0 Å². The highest BCUT2D eigenvalue weighted by Gasteiger charge is 2.46. The third-order valence-corrected chi connectivity index (χ3v) is 10.1. The lowest BCUT2D eigenvalue weighted by molar-refractivity contribution is 0.551. The Labute approximate surface area is 275 Å². The highest BCUT2D eigenvalue weighted by Crippen LogP contribution is 2.59. The molecule has 224 valence electrons. The van der Waals surface area contributed by atoms with Crippen LogP contribution in [-0.2, 0) is 5.41 Å². The van der Waals surface area contributed by atoms with E-state index >= 15 is 0 Å².